The predicted molar refractivity (Wildman–Crippen MR) is 78.9 cm³/mol. The summed E-state index contributed by atoms with van der Waals surface area (Å²) in [6, 6.07) is 16.6. The molecule has 0 spiro atoms. The van der Waals surface area contributed by atoms with Crippen molar-refractivity contribution in [3.05, 3.63) is 59.7 Å². The van der Waals surface area contributed by atoms with Crippen LogP contribution in [0.4, 0.5) is 0 Å². The third kappa shape index (κ3) is 8.01. The Hall–Kier alpha value is -0.861. The van der Waals surface area contributed by atoms with Crippen LogP contribution in [-0.2, 0) is 30.2 Å². The molecule has 0 bridgehead atoms. The van der Waals surface area contributed by atoms with Crippen molar-refractivity contribution >= 4 is 0 Å². The molecule has 0 amide bonds. The molecule has 0 unspecified atom stereocenters. The molecule has 0 heterocycles. The topological polar surface area (TPSA) is 6.48 Å². The van der Waals surface area contributed by atoms with E-state index in [2.05, 4.69) is 56.2 Å². The second-order valence-corrected chi connectivity index (χ2v) is 5.01. The minimum Gasteiger partial charge on any atom is -0.316 e. The zero-order valence-electron chi connectivity index (χ0n) is 12.3. The molecule has 2 aromatic rings. The van der Waals surface area contributed by atoms with E-state index in [0.717, 1.165) is 13.1 Å². The molecule has 2 nitrogen and oxygen atoms in total. The Kier molecular flexibility index (Phi) is 9.54. The van der Waals surface area contributed by atoms with Crippen LogP contribution < -0.4 is 0 Å². The van der Waals surface area contributed by atoms with E-state index in [1.165, 1.54) is 11.1 Å². The van der Waals surface area contributed by atoms with Gasteiger partial charge in [0.2, 0.25) is 0 Å². The van der Waals surface area contributed by atoms with Crippen molar-refractivity contribution < 1.29 is 17.1 Å². The smallest absolute Gasteiger partial charge is 0.316 e. The van der Waals surface area contributed by atoms with Gasteiger partial charge in [-0.1, -0.05) is 0 Å². The van der Waals surface area contributed by atoms with Gasteiger partial charge in [-0.3, -0.25) is 0 Å². The Balaban J connectivity index is 0.000000454. The van der Waals surface area contributed by atoms with Crippen LogP contribution >= 0.6 is 0 Å². The van der Waals surface area contributed by atoms with E-state index in [1.54, 1.807) is 0 Å². The van der Waals surface area contributed by atoms with Crippen LogP contribution in [0, 0.1) is 0 Å². The zero-order chi connectivity index (χ0) is 13.4. The van der Waals surface area contributed by atoms with E-state index in [9.17, 15) is 0 Å². The fourth-order valence-electron chi connectivity index (χ4n) is 1.81. The van der Waals surface area contributed by atoms with Gasteiger partial charge in [-0.05, 0) is 41.3 Å². The summed E-state index contributed by atoms with van der Waals surface area (Å²) < 4.78 is 0. The fourth-order valence-corrected chi connectivity index (χ4v) is 1.81. The number of hydrogen-bond donors (Lipinski definition) is 0. The van der Waals surface area contributed by atoms with Crippen LogP contribution in [0.25, 0.3) is 0 Å². The first-order valence-corrected chi connectivity index (χ1v) is 6.29. The van der Waals surface area contributed by atoms with Crippen LogP contribution in [0.15, 0.2) is 48.5 Å². The van der Waals surface area contributed by atoms with E-state index in [4.69, 9.17) is 0 Å². The van der Waals surface area contributed by atoms with E-state index in [-0.39, 0.29) is 17.1 Å². The Morgan fingerprint density at radius 2 is 1.63 bits per heavy atom. The third-order valence-electron chi connectivity index (χ3n) is 2.54. The summed E-state index contributed by atoms with van der Waals surface area (Å²) in [7, 11) is 8.41. The van der Waals surface area contributed by atoms with Crippen LogP contribution in [0.3, 0.4) is 0 Å². The summed E-state index contributed by atoms with van der Waals surface area (Å²) in [6.07, 6.45) is 0. The van der Waals surface area contributed by atoms with E-state index in [0.29, 0.717) is 0 Å². The van der Waals surface area contributed by atoms with Crippen molar-refractivity contribution in [1.29, 1.82) is 0 Å². The third-order valence-corrected chi connectivity index (χ3v) is 2.54. The molecule has 2 aromatic carbocycles. The van der Waals surface area contributed by atoms with E-state index >= 15 is 0 Å². The minimum atomic E-state index is 0. The molecule has 0 atom stereocenters. The second-order valence-electron chi connectivity index (χ2n) is 5.01. The van der Waals surface area contributed by atoms with Gasteiger partial charge in [-0.25, -0.2) is 24.3 Å². The molecule has 0 N–H and O–H groups in total. The Morgan fingerprint density at radius 3 is 2.05 bits per heavy atom. The van der Waals surface area contributed by atoms with Gasteiger partial charge in [-0.15, -0.1) is 5.56 Å². The van der Waals surface area contributed by atoms with E-state index < -0.39 is 0 Å². The van der Waals surface area contributed by atoms with Crippen LogP contribution in [0.2, 0.25) is 0 Å². The molecular weight excluding hydrogens is 276 g/mol. The van der Waals surface area contributed by atoms with Crippen molar-refractivity contribution in [2.45, 2.75) is 13.1 Å². The van der Waals surface area contributed by atoms with E-state index in [1.807, 2.05) is 30.3 Å². The van der Waals surface area contributed by atoms with Crippen molar-refractivity contribution in [1.82, 2.24) is 9.80 Å². The predicted octanol–water partition coefficient (Wildman–Crippen LogP) is 2.93. The van der Waals surface area contributed by atoms with Crippen LogP contribution in [-0.4, -0.2) is 38.0 Å². The molecule has 3 heteroatoms. The maximum Gasteiger partial charge on any atom is 2.00 e. The maximum atomic E-state index is 2.21. The summed E-state index contributed by atoms with van der Waals surface area (Å²) in [5, 5.41) is 0. The normalized spacial score (nSPS) is 10.0. The molecule has 0 aromatic heterocycles. The number of nitrogens with zero attached hydrogens (tertiary/aromatic N) is 2. The van der Waals surface area contributed by atoms with Gasteiger partial charge in [0.25, 0.3) is 0 Å². The van der Waals surface area contributed by atoms with Gasteiger partial charge >= 0.3 is 17.1 Å². The maximum absolute atomic E-state index is 2.21. The van der Waals surface area contributed by atoms with Gasteiger partial charge in [-0.2, -0.15) is 29.8 Å². The van der Waals surface area contributed by atoms with Gasteiger partial charge in [0, 0.05) is 0 Å². The summed E-state index contributed by atoms with van der Waals surface area (Å²) in [5.74, 6) is 0. The van der Waals surface area contributed by atoms with Gasteiger partial charge in [0.05, 0.1) is 0 Å². The average molecular weight is 300 g/mol. The molecule has 2 rings (SSSR count). The Labute approximate surface area is 128 Å². The van der Waals surface area contributed by atoms with Crippen molar-refractivity contribution in [3.8, 4) is 0 Å². The monoisotopic (exact) mass is 300 g/mol. The van der Waals surface area contributed by atoms with Crippen molar-refractivity contribution in [3.63, 3.8) is 0 Å². The molecular formula is C16H24FeN2. The van der Waals surface area contributed by atoms with Crippen LogP contribution in [0.5, 0.6) is 0 Å². The molecule has 106 valence electrons. The summed E-state index contributed by atoms with van der Waals surface area (Å²) in [6.45, 7) is 2.08. The van der Waals surface area contributed by atoms with Crippen molar-refractivity contribution in [2.75, 3.05) is 28.2 Å². The molecule has 0 fully saturated rings. The molecule has 0 aliphatic rings. The average Bonchev–Trinajstić information content (AvgIpc) is 2.92. The first-order chi connectivity index (χ1) is 8.59. The number of hydrogen-bond acceptors (Lipinski definition) is 2. The second kappa shape index (κ2) is 9.99. The number of rotatable bonds is 4. The molecule has 0 radical (unpaired) electrons. The Morgan fingerprint density at radius 1 is 1.00 bits per heavy atom. The SMILES string of the molecule is CN(C)Cc1ccc[c-]1CN(C)C.[Fe+2].c1cc[cH-]c1. The molecule has 0 aliphatic carbocycles. The van der Waals surface area contributed by atoms with Crippen molar-refractivity contribution in [2.24, 2.45) is 0 Å². The molecule has 0 aliphatic heterocycles. The summed E-state index contributed by atoms with van der Waals surface area (Å²) >= 11 is 0. The standard InChI is InChI=1S/C11H19N2.C5H5.Fe/c1-12(2)8-10-6-5-7-11(10)9-13(3)4;1-2-4-5-3-1;/h5-7H,8-9H2,1-4H3;1-5H;/q2*-1;+2. The van der Waals surface area contributed by atoms with Gasteiger partial charge in [0.1, 0.15) is 0 Å². The fraction of sp³-hybridized carbons (Fsp3) is 0.375. The molecule has 0 saturated carbocycles. The first-order valence-electron chi connectivity index (χ1n) is 6.29. The quantitative estimate of drug-likeness (QED) is 0.633. The first kappa shape index (κ1) is 18.1. The molecule has 0 saturated heterocycles. The summed E-state index contributed by atoms with van der Waals surface area (Å²) in [4.78, 5) is 4.41. The zero-order valence-corrected chi connectivity index (χ0v) is 13.4. The molecule has 19 heavy (non-hydrogen) atoms. The minimum absolute atomic E-state index is 0. The largest absolute Gasteiger partial charge is 2.00 e. The summed E-state index contributed by atoms with van der Waals surface area (Å²) in [5.41, 5.74) is 2.89. The van der Waals surface area contributed by atoms with Crippen LogP contribution in [0.1, 0.15) is 11.1 Å². The Bertz CT molecular complexity index is 360. The van der Waals surface area contributed by atoms with Gasteiger partial charge in [0.15, 0.2) is 0 Å². The van der Waals surface area contributed by atoms with Gasteiger partial charge < -0.3 is 9.80 Å².